The molecule has 2 aliphatic heterocycles. The van der Waals surface area contributed by atoms with Crippen molar-refractivity contribution in [1.82, 2.24) is 10.3 Å². The van der Waals surface area contributed by atoms with Gasteiger partial charge in [-0.1, -0.05) is 18.2 Å². The van der Waals surface area contributed by atoms with Gasteiger partial charge in [0.25, 0.3) is 0 Å². The normalized spacial score (nSPS) is 20.5. The highest BCUT2D eigenvalue weighted by molar-refractivity contribution is 7.80. The first-order valence-corrected chi connectivity index (χ1v) is 12.5. The van der Waals surface area contributed by atoms with Gasteiger partial charge < -0.3 is 24.6 Å². The van der Waals surface area contributed by atoms with Gasteiger partial charge in [0.15, 0.2) is 5.11 Å². The number of hydrogen-bond donors (Lipinski definition) is 1. The Kier molecular flexibility index (Phi) is 6.12. The number of fused-ring (bicyclic) bond motifs is 1. The van der Waals surface area contributed by atoms with Crippen LogP contribution in [0.15, 0.2) is 66.9 Å². The van der Waals surface area contributed by atoms with E-state index in [1.165, 1.54) is 16.8 Å². The van der Waals surface area contributed by atoms with Gasteiger partial charge in [-0.15, -0.1) is 0 Å². The van der Waals surface area contributed by atoms with Crippen molar-refractivity contribution in [2.75, 3.05) is 31.1 Å². The van der Waals surface area contributed by atoms with Crippen LogP contribution in [0.25, 0.3) is 5.57 Å². The standard InChI is InChI=1S/C29H32N4O2S/c1-18-17-29(2,3)32(4)23-12-10-19(15-21(18)23)27-26(22-9-7-8-14-30-22)31-28(36)33(27)24-13-11-20(34-5)16-25(24)35-6/h7-17,26-27H,1-6H3,(H,31,36). The van der Waals surface area contributed by atoms with E-state index in [-0.39, 0.29) is 17.6 Å². The van der Waals surface area contributed by atoms with Crippen molar-refractivity contribution < 1.29 is 9.47 Å². The zero-order valence-electron chi connectivity index (χ0n) is 21.6. The number of allylic oxidation sites excluding steroid dienone is 1. The summed E-state index contributed by atoms with van der Waals surface area (Å²) >= 11 is 5.92. The van der Waals surface area contributed by atoms with Gasteiger partial charge in [-0.3, -0.25) is 4.98 Å². The maximum absolute atomic E-state index is 5.92. The number of thiocarbonyl (C=S) groups is 1. The highest BCUT2D eigenvalue weighted by Gasteiger charge is 2.42. The fraction of sp³-hybridized carbons (Fsp3) is 0.310. The highest BCUT2D eigenvalue weighted by atomic mass is 32.1. The molecule has 186 valence electrons. The molecule has 2 atom stereocenters. The molecule has 1 saturated heterocycles. The van der Waals surface area contributed by atoms with Gasteiger partial charge >= 0.3 is 0 Å². The van der Waals surface area contributed by atoms with Crippen molar-refractivity contribution in [2.45, 2.75) is 38.4 Å². The summed E-state index contributed by atoms with van der Waals surface area (Å²) in [6.07, 6.45) is 4.15. The molecule has 3 heterocycles. The second kappa shape index (κ2) is 9.13. The van der Waals surface area contributed by atoms with Gasteiger partial charge in [0.05, 0.1) is 43.2 Å². The Morgan fingerprint density at radius 1 is 1.00 bits per heavy atom. The Morgan fingerprint density at radius 2 is 1.78 bits per heavy atom. The van der Waals surface area contributed by atoms with Crippen molar-refractivity contribution in [3.8, 4) is 11.5 Å². The van der Waals surface area contributed by atoms with Gasteiger partial charge in [0.2, 0.25) is 0 Å². The molecule has 2 aromatic carbocycles. The minimum Gasteiger partial charge on any atom is -0.497 e. The number of nitrogens with zero attached hydrogens (tertiary/aromatic N) is 3. The van der Waals surface area contributed by atoms with Crippen LogP contribution in [0.4, 0.5) is 11.4 Å². The van der Waals surface area contributed by atoms with Crippen LogP contribution in [-0.2, 0) is 0 Å². The zero-order chi connectivity index (χ0) is 25.6. The Hall–Kier alpha value is -3.58. The van der Waals surface area contributed by atoms with Crippen LogP contribution < -0.4 is 24.6 Å². The molecule has 0 radical (unpaired) electrons. The molecule has 0 spiro atoms. The lowest BCUT2D eigenvalue weighted by Gasteiger charge is -2.41. The Labute approximate surface area is 218 Å². The van der Waals surface area contributed by atoms with Crippen molar-refractivity contribution >= 4 is 34.3 Å². The maximum Gasteiger partial charge on any atom is 0.174 e. The molecule has 1 N–H and O–H groups in total. The molecule has 0 aliphatic carbocycles. The van der Waals surface area contributed by atoms with Crippen LogP contribution in [0.1, 0.15) is 49.7 Å². The Bertz CT molecular complexity index is 1340. The van der Waals surface area contributed by atoms with E-state index in [9.17, 15) is 0 Å². The average molecular weight is 501 g/mol. The van der Waals surface area contributed by atoms with Crippen LogP contribution in [0.3, 0.4) is 0 Å². The topological polar surface area (TPSA) is 49.9 Å². The van der Waals surface area contributed by atoms with Crippen LogP contribution in [0.2, 0.25) is 0 Å². The van der Waals surface area contributed by atoms with Gasteiger partial charge in [-0.2, -0.15) is 0 Å². The van der Waals surface area contributed by atoms with E-state index in [1.54, 1.807) is 14.2 Å². The van der Waals surface area contributed by atoms with Gasteiger partial charge in [0, 0.05) is 30.6 Å². The summed E-state index contributed by atoms with van der Waals surface area (Å²) in [6.45, 7) is 6.67. The van der Waals surface area contributed by atoms with E-state index in [1.807, 2.05) is 42.6 Å². The average Bonchev–Trinajstić information content (AvgIpc) is 3.23. The zero-order valence-corrected chi connectivity index (χ0v) is 22.4. The highest BCUT2D eigenvalue weighted by Crippen LogP contribution is 2.47. The fourth-order valence-corrected chi connectivity index (χ4v) is 5.64. The summed E-state index contributed by atoms with van der Waals surface area (Å²) in [5.74, 6) is 1.42. The van der Waals surface area contributed by atoms with Crippen LogP contribution in [0, 0.1) is 0 Å². The summed E-state index contributed by atoms with van der Waals surface area (Å²) in [6, 6.07) is 18.3. The van der Waals surface area contributed by atoms with E-state index in [0.29, 0.717) is 10.9 Å². The minimum absolute atomic E-state index is 0.0475. The number of rotatable bonds is 5. The van der Waals surface area contributed by atoms with Crippen molar-refractivity contribution in [3.63, 3.8) is 0 Å². The van der Waals surface area contributed by atoms with E-state index in [4.69, 9.17) is 21.7 Å². The lowest BCUT2D eigenvalue weighted by molar-refractivity contribution is 0.394. The SMILES string of the molecule is COc1ccc(N2C(=S)NC(c3ccccn3)C2c2ccc3c(c2)C(C)=CC(C)(C)N3C)c(OC)c1. The van der Waals surface area contributed by atoms with Crippen LogP contribution in [-0.4, -0.2) is 36.9 Å². The van der Waals surface area contributed by atoms with E-state index in [0.717, 1.165) is 22.7 Å². The van der Waals surface area contributed by atoms with E-state index in [2.05, 4.69) is 72.2 Å². The first kappa shape index (κ1) is 24.1. The number of methoxy groups -OCH3 is 2. The third-order valence-corrected chi connectivity index (χ3v) is 7.64. The van der Waals surface area contributed by atoms with E-state index >= 15 is 0 Å². The summed E-state index contributed by atoms with van der Waals surface area (Å²) in [5.41, 5.74) is 6.63. The first-order valence-electron chi connectivity index (χ1n) is 12.1. The molecule has 5 rings (SSSR count). The maximum atomic E-state index is 5.92. The molecular formula is C29H32N4O2S. The van der Waals surface area contributed by atoms with Gasteiger partial charge in [-0.25, -0.2) is 0 Å². The monoisotopic (exact) mass is 500 g/mol. The second-order valence-electron chi connectivity index (χ2n) is 9.85. The number of aromatic nitrogens is 1. The molecule has 7 heteroatoms. The predicted molar refractivity (Wildman–Crippen MR) is 150 cm³/mol. The third kappa shape index (κ3) is 3.97. The molecule has 3 aromatic rings. The number of benzene rings is 2. The predicted octanol–water partition coefficient (Wildman–Crippen LogP) is 5.91. The molecule has 0 saturated carbocycles. The van der Waals surface area contributed by atoms with E-state index < -0.39 is 0 Å². The van der Waals surface area contributed by atoms with Crippen molar-refractivity contribution in [1.29, 1.82) is 0 Å². The first-order chi connectivity index (χ1) is 17.2. The number of hydrogen-bond acceptors (Lipinski definition) is 5. The van der Waals surface area contributed by atoms with Crippen LogP contribution in [0.5, 0.6) is 11.5 Å². The van der Waals surface area contributed by atoms with Gasteiger partial charge in [-0.05, 0) is 80.5 Å². The summed E-state index contributed by atoms with van der Waals surface area (Å²) in [7, 11) is 5.47. The summed E-state index contributed by atoms with van der Waals surface area (Å²) < 4.78 is 11.2. The third-order valence-electron chi connectivity index (χ3n) is 7.33. The second-order valence-corrected chi connectivity index (χ2v) is 10.2. The molecule has 1 aromatic heterocycles. The van der Waals surface area contributed by atoms with Crippen molar-refractivity contribution in [3.05, 3.63) is 83.7 Å². The van der Waals surface area contributed by atoms with Crippen LogP contribution >= 0.6 is 12.2 Å². The quantitative estimate of drug-likeness (QED) is 0.437. The molecule has 1 fully saturated rings. The Balaban J connectivity index is 1.68. The van der Waals surface area contributed by atoms with Gasteiger partial charge in [0.1, 0.15) is 11.5 Å². The molecule has 2 aliphatic rings. The summed E-state index contributed by atoms with van der Waals surface area (Å²) in [4.78, 5) is 9.16. The molecule has 0 amide bonds. The lowest BCUT2D eigenvalue weighted by atomic mass is 9.86. The lowest BCUT2D eigenvalue weighted by Crippen LogP contribution is -2.42. The van der Waals surface area contributed by atoms with Crippen molar-refractivity contribution in [2.24, 2.45) is 0 Å². The Morgan fingerprint density at radius 3 is 2.47 bits per heavy atom. The largest absolute Gasteiger partial charge is 0.497 e. The minimum atomic E-state index is -0.134. The number of nitrogens with one attached hydrogen (secondary N) is 1. The molecule has 2 unspecified atom stereocenters. The summed E-state index contributed by atoms with van der Waals surface area (Å²) in [5, 5.41) is 4.17. The molecule has 0 bridgehead atoms. The molecular weight excluding hydrogens is 468 g/mol. The number of likely N-dealkylation sites (N-methyl/N-ethyl adjacent to an activating group) is 1. The number of ether oxygens (including phenoxy) is 2. The molecule has 6 nitrogen and oxygen atoms in total. The number of pyridine rings is 1. The fourth-order valence-electron chi connectivity index (χ4n) is 5.30. The number of anilines is 2. The molecule has 36 heavy (non-hydrogen) atoms. The smallest absolute Gasteiger partial charge is 0.174 e.